The molecular formula is C36H31N3O2Si. The fourth-order valence-corrected chi connectivity index (χ4v) is 9.23. The Hall–Kier alpha value is -5.20. The first-order valence-electron chi connectivity index (χ1n) is 13.9. The number of hydrogen-bond donors (Lipinski definition) is 0. The third kappa shape index (κ3) is 4.93. The van der Waals surface area contributed by atoms with Gasteiger partial charge in [-0.2, -0.15) is 0 Å². The summed E-state index contributed by atoms with van der Waals surface area (Å²) in [6.07, 6.45) is 1.74. The quantitative estimate of drug-likeness (QED) is 0.143. The average Bonchev–Trinajstić information content (AvgIpc) is 3.27. The first-order chi connectivity index (χ1) is 20.6. The van der Waals surface area contributed by atoms with Gasteiger partial charge < -0.3 is 4.43 Å². The third-order valence-electron chi connectivity index (χ3n) is 7.58. The van der Waals surface area contributed by atoms with Crippen LogP contribution in [0.4, 0.5) is 5.69 Å². The fourth-order valence-electron chi connectivity index (χ4n) is 5.38. The highest BCUT2D eigenvalue weighted by Gasteiger charge is 2.44. The van der Waals surface area contributed by atoms with E-state index in [1.54, 1.807) is 10.9 Å². The van der Waals surface area contributed by atoms with Gasteiger partial charge in [0.15, 0.2) is 5.69 Å². The second-order valence-corrected chi connectivity index (χ2v) is 13.4. The Kier molecular flexibility index (Phi) is 7.54. The van der Waals surface area contributed by atoms with Crippen molar-refractivity contribution < 1.29 is 4.43 Å². The molecule has 1 aromatic heterocycles. The molecule has 0 aliphatic rings. The molecule has 1 heterocycles. The molecule has 0 aliphatic heterocycles. The molecule has 206 valence electrons. The predicted octanol–water partition coefficient (Wildman–Crippen LogP) is 5.28. The summed E-state index contributed by atoms with van der Waals surface area (Å²) < 4.78 is 10.8. The van der Waals surface area contributed by atoms with Gasteiger partial charge in [-0.05, 0) is 46.7 Å². The molecular weight excluding hydrogens is 535 g/mol. The van der Waals surface area contributed by atoms with Crippen molar-refractivity contribution in [2.75, 3.05) is 0 Å². The zero-order chi connectivity index (χ0) is 28.9. The second kappa shape index (κ2) is 11.7. The van der Waals surface area contributed by atoms with E-state index in [0.29, 0.717) is 11.4 Å². The summed E-state index contributed by atoms with van der Waals surface area (Å²) >= 11 is 0. The highest BCUT2D eigenvalue weighted by molar-refractivity contribution is 7.07. The van der Waals surface area contributed by atoms with Crippen LogP contribution in [0.5, 0.6) is 5.75 Å². The number of hydrogen-bond acceptors (Lipinski definition) is 3. The highest BCUT2D eigenvalue weighted by atomic mass is 28.4. The predicted molar refractivity (Wildman–Crippen MR) is 174 cm³/mol. The van der Waals surface area contributed by atoms with E-state index in [-0.39, 0.29) is 5.56 Å². The van der Waals surface area contributed by atoms with Crippen LogP contribution in [0.15, 0.2) is 155 Å². The topological polar surface area (TPSA) is 48.5 Å². The highest BCUT2D eigenvalue weighted by Crippen LogP contribution is 2.23. The Morgan fingerprint density at radius 1 is 0.643 bits per heavy atom. The van der Waals surface area contributed by atoms with E-state index >= 15 is 0 Å². The van der Waals surface area contributed by atoms with Crippen LogP contribution >= 0.6 is 0 Å². The van der Waals surface area contributed by atoms with Crippen LogP contribution in [0.25, 0.3) is 5.69 Å². The summed E-state index contributed by atoms with van der Waals surface area (Å²) in [7, 11) is -1.13. The van der Waals surface area contributed by atoms with E-state index in [0.717, 1.165) is 32.5 Å². The molecule has 0 aliphatic carbocycles. The second-order valence-electron chi connectivity index (χ2n) is 10.1. The largest absolute Gasteiger partial charge is 0.530 e. The van der Waals surface area contributed by atoms with Gasteiger partial charge >= 0.3 is 8.32 Å². The minimum Gasteiger partial charge on any atom is -0.530 e. The summed E-state index contributed by atoms with van der Waals surface area (Å²) in [6.45, 7) is 1.91. The van der Waals surface area contributed by atoms with E-state index in [1.165, 1.54) is 0 Å². The van der Waals surface area contributed by atoms with Gasteiger partial charge in [-0.1, -0.05) is 121 Å². The molecule has 0 radical (unpaired) electrons. The fraction of sp³-hybridized carbons (Fsp3) is 0.0556. The van der Waals surface area contributed by atoms with E-state index < -0.39 is 8.32 Å². The zero-order valence-corrected chi connectivity index (χ0v) is 24.6. The van der Waals surface area contributed by atoms with Crippen LogP contribution < -0.4 is 25.5 Å². The first kappa shape index (κ1) is 27.0. The van der Waals surface area contributed by atoms with E-state index in [2.05, 4.69) is 72.8 Å². The Bertz CT molecular complexity index is 1780. The van der Waals surface area contributed by atoms with Gasteiger partial charge in [-0.3, -0.25) is 9.48 Å². The average molecular weight is 566 g/mol. The molecule has 0 spiro atoms. The summed E-state index contributed by atoms with van der Waals surface area (Å²) in [4.78, 5) is 18.3. The van der Waals surface area contributed by atoms with Crippen LogP contribution in [0.1, 0.15) is 11.3 Å². The minimum atomic E-state index is -3.01. The first-order valence-corrected chi connectivity index (χ1v) is 15.8. The van der Waals surface area contributed by atoms with Crippen LogP contribution in [0.3, 0.4) is 0 Å². The van der Waals surface area contributed by atoms with Crippen LogP contribution in [-0.2, 0) is 7.05 Å². The van der Waals surface area contributed by atoms with Gasteiger partial charge in [0, 0.05) is 18.8 Å². The lowest BCUT2D eigenvalue weighted by Crippen LogP contribution is -2.71. The standard InChI is InChI=1S/C36H31N3O2Si/c1-28-35(36(40)39(38(28)2)30-18-7-3-8-19-30)37-27-29-17-15-16-26-34(29)41-42(31-20-9-4-10-21-31,32-22-11-5-12-23-32)33-24-13-6-14-25-33/h3-27H,1-2H3. The number of aliphatic imine (C=N–C) groups is 1. The molecule has 0 unspecified atom stereocenters. The van der Waals surface area contributed by atoms with Crippen molar-refractivity contribution in [3.8, 4) is 11.4 Å². The molecule has 0 bridgehead atoms. The van der Waals surface area contributed by atoms with Crippen molar-refractivity contribution >= 4 is 35.8 Å². The maximum atomic E-state index is 13.5. The number of benzene rings is 5. The zero-order valence-electron chi connectivity index (χ0n) is 23.6. The summed E-state index contributed by atoms with van der Waals surface area (Å²) in [6, 6.07) is 48.9. The van der Waals surface area contributed by atoms with Gasteiger partial charge in [-0.25, -0.2) is 9.67 Å². The van der Waals surface area contributed by atoms with E-state index in [9.17, 15) is 4.79 Å². The molecule has 0 saturated carbocycles. The van der Waals surface area contributed by atoms with Gasteiger partial charge in [0.2, 0.25) is 0 Å². The monoisotopic (exact) mass is 565 g/mol. The number of aromatic nitrogens is 2. The molecule has 6 rings (SSSR count). The van der Waals surface area contributed by atoms with Gasteiger partial charge in [0.05, 0.1) is 11.4 Å². The lowest BCUT2D eigenvalue weighted by atomic mass is 10.2. The molecule has 6 aromatic rings. The molecule has 5 nitrogen and oxygen atoms in total. The summed E-state index contributed by atoms with van der Waals surface area (Å²) in [5.41, 5.74) is 2.60. The van der Waals surface area contributed by atoms with Crippen LogP contribution in [0.2, 0.25) is 0 Å². The Balaban J connectivity index is 1.48. The Morgan fingerprint density at radius 2 is 1.10 bits per heavy atom. The number of nitrogens with zero attached hydrogens (tertiary/aromatic N) is 3. The lowest BCUT2D eigenvalue weighted by molar-refractivity contribution is 0.576. The molecule has 0 fully saturated rings. The van der Waals surface area contributed by atoms with Crippen molar-refractivity contribution in [3.05, 3.63) is 167 Å². The summed E-state index contributed by atoms with van der Waals surface area (Å²) in [5.74, 6) is 0.710. The molecule has 0 amide bonds. The molecule has 6 heteroatoms. The molecule has 0 atom stereocenters. The van der Waals surface area contributed by atoms with E-state index in [1.807, 2.05) is 91.4 Å². The van der Waals surface area contributed by atoms with Crippen molar-refractivity contribution in [1.82, 2.24) is 9.36 Å². The van der Waals surface area contributed by atoms with Crippen molar-refractivity contribution in [2.24, 2.45) is 12.0 Å². The van der Waals surface area contributed by atoms with E-state index in [4.69, 9.17) is 9.42 Å². The van der Waals surface area contributed by atoms with Crippen LogP contribution in [-0.4, -0.2) is 23.9 Å². The van der Waals surface area contributed by atoms with Gasteiger partial charge in [-0.15, -0.1) is 0 Å². The molecule has 0 N–H and O–H groups in total. The van der Waals surface area contributed by atoms with Crippen molar-refractivity contribution in [1.29, 1.82) is 0 Å². The third-order valence-corrected chi connectivity index (χ3v) is 11.5. The van der Waals surface area contributed by atoms with Crippen molar-refractivity contribution in [2.45, 2.75) is 6.92 Å². The lowest BCUT2D eigenvalue weighted by Gasteiger charge is -2.34. The van der Waals surface area contributed by atoms with Gasteiger partial charge in [0.25, 0.3) is 5.56 Å². The van der Waals surface area contributed by atoms with Crippen molar-refractivity contribution in [3.63, 3.8) is 0 Å². The molecule has 0 saturated heterocycles. The normalized spacial score (nSPS) is 11.6. The maximum Gasteiger partial charge on any atom is 0.346 e. The molecule has 5 aromatic carbocycles. The number of para-hydroxylation sites is 2. The SMILES string of the molecule is Cc1c(N=Cc2ccccc2O[Si](c2ccccc2)(c2ccccc2)c2ccccc2)c(=O)n(-c2ccccc2)n1C. The van der Waals surface area contributed by atoms with Gasteiger partial charge in [0.1, 0.15) is 5.75 Å². The Morgan fingerprint density at radius 3 is 1.62 bits per heavy atom. The maximum absolute atomic E-state index is 13.5. The summed E-state index contributed by atoms with van der Waals surface area (Å²) in [5, 5.41) is 3.41. The smallest absolute Gasteiger partial charge is 0.346 e. The minimum absolute atomic E-state index is 0.169. The number of rotatable bonds is 8. The van der Waals surface area contributed by atoms with Crippen LogP contribution in [0, 0.1) is 6.92 Å². The Labute approximate surface area is 246 Å². The molecule has 42 heavy (non-hydrogen) atoms.